The minimum Gasteiger partial charge on any atom is -0.351 e. The highest BCUT2D eigenvalue weighted by Gasteiger charge is 2.09. The first-order valence-corrected chi connectivity index (χ1v) is 4.32. The molecule has 0 spiro atoms. The first-order valence-electron chi connectivity index (χ1n) is 3.57. The molecule has 0 fully saturated rings. The van der Waals surface area contributed by atoms with Gasteiger partial charge in [0.1, 0.15) is 5.52 Å². The summed E-state index contributed by atoms with van der Waals surface area (Å²) in [7, 11) is 0. The Bertz CT molecular complexity index is 521. The van der Waals surface area contributed by atoms with Crippen molar-refractivity contribution in [2.45, 2.75) is 0 Å². The molecule has 0 bridgehead atoms. The Labute approximate surface area is 83.5 Å². The lowest BCUT2D eigenvalue weighted by Crippen LogP contribution is -2.13. The highest BCUT2D eigenvalue weighted by atomic mass is 35.5. The van der Waals surface area contributed by atoms with Crippen LogP contribution in [-0.4, -0.2) is 4.98 Å². The van der Waals surface area contributed by atoms with E-state index in [1.165, 1.54) is 12.3 Å². The zero-order valence-corrected chi connectivity index (χ0v) is 7.93. The molecule has 0 amide bonds. The summed E-state index contributed by atoms with van der Waals surface area (Å²) in [6.45, 7) is 0. The molecule has 0 atom stereocenters. The summed E-state index contributed by atoms with van der Waals surface area (Å²) in [5, 5.41) is 0.801. The topological polar surface area (TPSA) is 38.8 Å². The molecule has 0 aliphatic rings. The van der Waals surface area contributed by atoms with Gasteiger partial charge in [-0.05, 0) is 6.07 Å². The van der Waals surface area contributed by atoms with Gasteiger partial charge in [-0.1, -0.05) is 23.2 Å². The van der Waals surface area contributed by atoms with Crippen molar-refractivity contribution in [1.29, 1.82) is 0 Å². The second-order valence-electron chi connectivity index (χ2n) is 2.57. The summed E-state index contributed by atoms with van der Waals surface area (Å²) in [5.41, 5.74) is 1.13. The minimum atomic E-state index is 0.373. The van der Waals surface area contributed by atoms with Crippen molar-refractivity contribution in [2.75, 3.05) is 0 Å². The summed E-state index contributed by atoms with van der Waals surface area (Å²) in [5.74, 6) is 0. The molecule has 3 nitrogen and oxygen atoms in total. The van der Waals surface area contributed by atoms with Gasteiger partial charge in [-0.15, -0.1) is 0 Å². The maximum atomic E-state index is 11.2. The fraction of sp³-hybridized carbons (Fsp3) is 0. The second kappa shape index (κ2) is 3.01. The number of aromatic amines is 1. The van der Waals surface area contributed by atoms with E-state index in [0.29, 0.717) is 21.1 Å². The highest BCUT2D eigenvalue weighted by Crippen LogP contribution is 2.24. The summed E-state index contributed by atoms with van der Waals surface area (Å²) in [4.78, 5) is 14.1. The van der Waals surface area contributed by atoms with Gasteiger partial charge in [-0.25, -0.2) is 0 Å². The second-order valence-corrected chi connectivity index (χ2v) is 3.38. The van der Waals surface area contributed by atoms with E-state index in [-0.39, 0.29) is 0 Å². The molecule has 0 saturated heterocycles. The summed E-state index contributed by atoms with van der Waals surface area (Å²) < 4.78 is 0.730. The molecule has 1 aromatic carbocycles. The fourth-order valence-electron chi connectivity index (χ4n) is 1.11. The van der Waals surface area contributed by atoms with Crippen LogP contribution in [0.25, 0.3) is 11.0 Å². The van der Waals surface area contributed by atoms with E-state index in [0.717, 1.165) is 4.43 Å². The first-order chi connectivity index (χ1) is 6.18. The van der Waals surface area contributed by atoms with E-state index >= 15 is 0 Å². The van der Waals surface area contributed by atoms with Crippen molar-refractivity contribution in [1.82, 2.24) is 4.98 Å². The maximum Gasteiger partial charge on any atom is 0.287 e. The van der Waals surface area contributed by atoms with Gasteiger partial charge >= 0.3 is 0 Å². The van der Waals surface area contributed by atoms with Crippen LogP contribution in [0.2, 0.25) is 10.0 Å². The number of hydrogen-bond acceptors (Lipinski definition) is 1. The van der Waals surface area contributed by atoms with Gasteiger partial charge in [0.05, 0.1) is 20.7 Å². The van der Waals surface area contributed by atoms with Crippen LogP contribution in [0.3, 0.4) is 0 Å². The monoisotopic (exact) mass is 215 g/mol. The molecule has 0 aliphatic heterocycles. The van der Waals surface area contributed by atoms with Crippen LogP contribution in [0, 0.1) is 4.91 Å². The minimum absolute atomic E-state index is 0.373. The van der Waals surface area contributed by atoms with Crippen LogP contribution in [0.15, 0.2) is 24.5 Å². The molecular formula is C8H5Cl2N2O+. The van der Waals surface area contributed by atoms with E-state index < -0.39 is 0 Å². The molecule has 1 aromatic heterocycles. The van der Waals surface area contributed by atoms with Crippen molar-refractivity contribution in [2.24, 2.45) is 0 Å². The molecule has 0 unspecified atom stereocenters. The van der Waals surface area contributed by atoms with Crippen molar-refractivity contribution in [3.05, 3.63) is 39.5 Å². The normalized spacial score (nSPS) is 10.6. The number of H-pyrrole nitrogens is 1. The molecule has 0 aliphatic carbocycles. The van der Waals surface area contributed by atoms with Crippen LogP contribution >= 0.6 is 23.2 Å². The van der Waals surface area contributed by atoms with E-state index in [9.17, 15) is 4.91 Å². The zero-order chi connectivity index (χ0) is 9.42. The number of nitrogens with zero attached hydrogens (tertiary/aromatic N) is 1. The summed E-state index contributed by atoms with van der Waals surface area (Å²) >= 11 is 11.5. The van der Waals surface area contributed by atoms with E-state index in [2.05, 4.69) is 4.98 Å². The van der Waals surface area contributed by atoms with Gasteiger partial charge in [-0.2, -0.15) is 0 Å². The number of benzene rings is 1. The number of hydrogen-bond donors (Lipinski definition) is 1. The van der Waals surface area contributed by atoms with Gasteiger partial charge in [0.2, 0.25) is 6.20 Å². The fourth-order valence-corrected chi connectivity index (χ4v) is 1.43. The Morgan fingerprint density at radius 1 is 1.23 bits per heavy atom. The molecule has 1 N–H and O–H groups in total. The third-order valence-corrected chi connectivity index (χ3v) is 2.45. The Kier molecular flexibility index (Phi) is 1.98. The SMILES string of the molecule is O=[n+]1cc[nH]c2cc(Cl)c(Cl)cc21. The maximum absolute atomic E-state index is 11.2. The number of halogens is 2. The Morgan fingerprint density at radius 2 is 1.92 bits per heavy atom. The Morgan fingerprint density at radius 3 is 2.69 bits per heavy atom. The molecular weight excluding hydrogens is 211 g/mol. The van der Waals surface area contributed by atoms with Crippen LogP contribution in [0.1, 0.15) is 0 Å². The van der Waals surface area contributed by atoms with E-state index in [1.54, 1.807) is 12.3 Å². The van der Waals surface area contributed by atoms with Gasteiger partial charge in [0.25, 0.3) is 5.52 Å². The third kappa shape index (κ3) is 1.41. The Hall–Kier alpha value is -1.06. The van der Waals surface area contributed by atoms with Crippen LogP contribution in [0.4, 0.5) is 0 Å². The van der Waals surface area contributed by atoms with Gasteiger partial charge in [0, 0.05) is 11.0 Å². The highest BCUT2D eigenvalue weighted by molar-refractivity contribution is 6.42. The van der Waals surface area contributed by atoms with Crippen molar-refractivity contribution < 1.29 is 4.43 Å². The predicted molar refractivity (Wildman–Crippen MR) is 51.7 cm³/mol. The zero-order valence-electron chi connectivity index (χ0n) is 6.42. The predicted octanol–water partition coefficient (Wildman–Crippen LogP) is 2.39. The van der Waals surface area contributed by atoms with E-state index in [4.69, 9.17) is 23.2 Å². The average molecular weight is 216 g/mol. The van der Waals surface area contributed by atoms with Crippen LogP contribution < -0.4 is 4.43 Å². The van der Waals surface area contributed by atoms with Gasteiger partial charge in [-0.3, -0.25) is 0 Å². The van der Waals surface area contributed by atoms with Crippen LogP contribution in [0.5, 0.6) is 0 Å². The number of nitrogens with one attached hydrogen (secondary N) is 1. The summed E-state index contributed by atoms with van der Waals surface area (Å²) in [6.07, 6.45) is 2.91. The molecule has 13 heavy (non-hydrogen) atoms. The summed E-state index contributed by atoms with van der Waals surface area (Å²) in [6, 6.07) is 3.15. The quantitative estimate of drug-likeness (QED) is 0.674. The van der Waals surface area contributed by atoms with Crippen LogP contribution in [-0.2, 0) is 0 Å². The largest absolute Gasteiger partial charge is 0.351 e. The van der Waals surface area contributed by atoms with Crippen molar-refractivity contribution in [3.63, 3.8) is 0 Å². The number of rotatable bonds is 0. The molecule has 2 aromatic rings. The number of aromatic nitrogens is 2. The third-order valence-electron chi connectivity index (χ3n) is 1.72. The van der Waals surface area contributed by atoms with Gasteiger partial charge < -0.3 is 4.98 Å². The van der Waals surface area contributed by atoms with E-state index in [1.807, 2.05) is 0 Å². The smallest absolute Gasteiger partial charge is 0.287 e. The number of fused-ring (bicyclic) bond motifs is 1. The van der Waals surface area contributed by atoms with Crippen molar-refractivity contribution >= 4 is 34.2 Å². The molecule has 5 heteroatoms. The van der Waals surface area contributed by atoms with Gasteiger partial charge in [0.15, 0.2) is 0 Å². The molecule has 66 valence electrons. The first kappa shape index (κ1) is 8.53. The Balaban J connectivity index is 2.97. The lowest BCUT2D eigenvalue weighted by atomic mass is 10.3. The molecule has 1 heterocycles. The standard InChI is InChI=1S/C8H5Cl2N2O/c9-5-3-7-8(4-6(5)10)12(13)2-1-11-7/h1-4H,(H,11,13)/q+1. The molecule has 0 radical (unpaired) electrons. The van der Waals surface area contributed by atoms with Crippen molar-refractivity contribution in [3.8, 4) is 0 Å². The molecule has 0 saturated carbocycles. The molecule has 2 rings (SSSR count). The lowest BCUT2D eigenvalue weighted by Gasteiger charge is -1.94. The average Bonchev–Trinajstić information content (AvgIpc) is 2.09. The lowest BCUT2D eigenvalue weighted by molar-refractivity contribution is -0.464.